The number of rotatable bonds is 12. The van der Waals surface area contributed by atoms with Crippen molar-refractivity contribution in [3.05, 3.63) is 30.3 Å². The van der Waals surface area contributed by atoms with Gasteiger partial charge in [-0.3, -0.25) is 0 Å². The fourth-order valence-electron chi connectivity index (χ4n) is 2.85. The van der Waals surface area contributed by atoms with E-state index in [4.69, 9.17) is 15.2 Å². The largest absolute Gasteiger partial charge is 0.378 e. The van der Waals surface area contributed by atoms with Gasteiger partial charge in [-0.15, -0.1) is 0 Å². The van der Waals surface area contributed by atoms with Crippen molar-refractivity contribution in [1.29, 1.82) is 0 Å². The summed E-state index contributed by atoms with van der Waals surface area (Å²) < 4.78 is 10.8. The van der Waals surface area contributed by atoms with Crippen LogP contribution in [0.15, 0.2) is 30.3 Å². The second kappa shape index (κ2) is 11.4. The zero-order chi connectivity index (χ0) is 19.4. The Morgan fingerprint density at radius 1 is 0.893 bits per heavy atom. The molecule has 9 heteroatoms. The second-order valence-electron chi connectivity index (χ2n) is 6.41. The van der Waals surface area contributed by atoms with Gasteiger partial charge in [0.15, 0.2) is 0 Å². The lowest BCUT2D eigenvalue weighted by Crippen LogP contribution is -2.22. The predicted molar refractivity (Wildman–Crippen MR) is 110 cm³/mol. The minimum Gasteiger partial charge on any atom is -0.378 e. The molecule has 1 aliphatic heterocycles. The van der Waals surface area contributed by atoms with E-state index in [1.807, 2.05) is 30.3 Å². The molecule has 9 nitrogen and oxygen atoms in total. The zero-order valence-corrected chi connectivity index (χ0v) is 16.1. The maximum Gasteiger partial charge on any atom is 0.233 e. The summed E-state index contributed by atoms with van der Waals surface area (Å²) in [5, 5.41) is 6.47. The van der Waals surface area contributed by atoms with Crippen molar-refractivity contribution in [1.82, 2.24) is 15.0 Å². The summed E-state index contributed by atoms with van der Waals surface area (Å²) in [4.78, 5) is 15.8. The number of para-hydroxylation sites is 1. The molecule has 28 heavy (non-hydrogen) atoms. The summed E-state index contributed by atoms with van der Waals surface area (Å²) in [6.07, 6.45) is 2.33. The van der Waals surface area contributed by atoms with Gasteiger partial charge in [0.2, 0.25) is 17.8 Å². The monoisotopic (exact) mass is 387 g/mol. The topological polar surface area (TPSA) is 110 Å². The molecular formula is C19H29N7O2. The molecule has 0 unspecified atom stereocenters. The average molecular weight is 387 g/mol. The molecule has 4 N–H and O–H groups in total. The number of aromatic nitrogens is 3. The van der Waals surface area contributed by atoms with E-state index < -0.39 is 0 Å². The molecule has 2 heterocycles. The number of ether oxygens (including phenoxy) is 2. The molecule has 1 saturated heterocycles. The molecule has 3 rings (SSSR count). The highest BCUT2D eigenvalue weighted by Crippen LogP contribution is 2.20. The third-order valence-corrected chi connectivity index (χ3v) is 4.21. The highest BCUT2D eigenvalue weighted by molar-refractivity contribution is 5.55. The lowest BCUT2D eigenvalue weighted by Gasteiger charge is -2.17. The summed E-state index contributed by atoms with van der Waals surface area (Å²) in [7, 11) is 0. The van der Waals surface area contributed by atoms with Crippen LogP contribution in [-0.4, -0.2) is 67.6 Å². The van der Waals surface area contributed by atoms with Crippen molar-refractivity contribution >= 4 is 23.5 Å². The Kier molecular flexibility index (Phi) is 8.23. The molecule has 1 aromatic carbocycles. The Bertz CT molecular complexity index is 696. The molecule has 0 spiro atoms. The van der Waals surface area contributed by atoms with Gasteiger partial charge in [-0.2, -0.15) is 15.0 Å². The third kappa shape index (κ3) is 6.59. The van der Waals surface area contributed by atoms with Crippen LogP contribution in [0.5, 0.6) is 0 Å². The van der Waals surface area contributed by atoms with Crippen molar-refractivity contribution in [2.75, 3.05) is 68.1 Å². The van der Waals surface area contributed by atoms with Gasteiger partial charge in [0.05, 0.1) is 26.4 Å². The Morgan fingerprint density at radius 2 is 1.61 bits per heavy atom. The van der Waals surface area contributed by atoms with E-state index in [1.54, 1.807) is 0 Å². The summed E-state index contributed by atoms with van der Waals surface area (Å²) in [5.74, 6) is 1.77. The van der Waals surface area contributed by atoms with Crippen LogP contribution in [0.2, 0.25) is 0 Å². The molecule has 0 bridgehead atoms. The molecule has 1 aliphatic rings. The van der Waals surface area contributed by atoms with E-state index in [1.165, 1.54) is 0 Å². The number of hydrogen-bond donors (Lipinski definition) is 3. The fraction of sp³-hybridized carbons (Fsp3) is 0.526. The normalized spacial score (nSPS) is 13.7. The van der Waals surface area contributed by atoms with Crippen LogP contribution in [0.4, 0.5) is 23.5 Å². The summed E-state index contributed by atoms with van der Waals surface area (Å²) >= 11 is 0. The fourth-order valence-corrected chi connectivity index (χ4v) is 2.85. The summed E-state index contributed by atoms with van der Waals surface area (Å²) in [6.45, 7) is 5.26. The van der Waals surface area contributed by atoms with Crippen LogP contribution < -0.4 is 21.3 Å². The maximum absolute atomic E-state index is 5.53. The van der Waals surface area contributed by atoms with Crippen molar-refractivity contribution in [3.8, 4) is 0 Å². The number of nitrogens with zero attached hydrogens (tertiary/aromatic N) is 4. The molecule has 1 aromatic heterocycles. The molecule has 0 aliphatic carbocycles. The van der Waals surface area contributed by atoms with E-state index >= 15 is 0 Å². The SMILES string of the molecule is NCCOCCOCCNc1nc(Nc2ccccc2)nc(N2CCCC2)n1. The first kappa shape index (κ1) is 20.2. The van der Waals surface area contributed by atoms with Crippen molar-refractivity contribution in [2.45, 2.75) is 12.8 Å². The first-order valence-electron chi connectivity index (χ1n) is 9.77. The standard InChI is InChI=1S/C19H29N7O2/c20-8-12-27-14-15-28-13-9-21-17-23-18(22-16-6-2-1-3-7-16)25-19(24-17)26-10-4-5-11-26/h1-3,6-7H,4-5,8-15,20H2,(H2,21,22,23,24,25). The molecule has 0 radical (unpaired) electrons. The molecule has 152 valence electrons. The van der Waals surface area contributed by atoms with Crippen LogP contribution in [0.3, 0.4) is 0 Å². The smallest absolute Gasteiger partial charge is 0.233 e. The molecular weight excluding hydrogens is 358 g/mol. The van der Waals surface area contributed by atoms with Crippen LogP contribution in [-0.2, 0) is 9.47 Å². The molecule has 1 fully saturated rings. The Morgan fingerprint density at radius 3 is 2.36 bits per heavy atom. The van der Waals surface area contributed by atoms with Crippen molar-refractivity contribution in [3.63, 3.8) is 0 Å². The molecule has 0 saturated carbocycles. The number of nitrogens with one attached hydrogen (secondary N) is 2. The first-order valence-corrected chi connectivity index (χ1v) is 9.77. The minimum absolute atomic E-state index is 0.527. The van der Waals surface area contributed by atoms with Gasteiger partial charge in [-0.1, -0.05) is 18.2 Å². The van der Waals surface area contributed by atoms with Crippen LogP contribution in [0, 0.1) is 0 Å². The summed E-state index contributed by atoms with van der Waals surface area (Å²) in [5.41, 5.74) is 6.31. The van der Waals surface area contributed by atoms with Crippen LogP contribution in [0.1, 0.15) is 12.8 Å². The van der Waals surface area contributed by atoms with Gasteiger partial charge in [-0.25, -0.2) is 0 Å². The highest BCUT2D eigenvalue weighted by Gasteiger charge is 2.17. The molecule has 2 aromatic rings. The average Bonchev–Trinajstić information content (AvgIpc) is 3.26. The molecule has 0 amide bonds. The van der Waals surface area contributed by atoms with E-state index in [-0.39, 0.29) is 0 Å². The van der Waals surface area contributed by atoms with Crippen molar-refractivity contribution in [2.24, 2.45) is 5.73 Å². The number of nitrogens with two attached hydrogens (primary N) is 1. The lowest BCUT2D eigenvalue weighted by atomic mass is 10.3. The number of benzene rings is 1. The van der Waals surface area contributed by atoms with Gasteiger partial charge in [0.25, 0.3) is 0 Å². The van der Waals surface area contributed by atoms with Crippen LogP contribution >= 0.6 is 0 Å². The highest BCUT2D eigenvalue weighted by atomic mass is 16.5. The number of hydrogen-bond acceptors (Lipinski definition) is 9. The quantitative estimate of drug-likeness (QED) is 0.468. The van der Waals surface area contributed by atoms with E-state index in [0.29, 0.717) is 57.4 Å². The first-order chi connectivity index (χ1) is 13.8. The number of anilines is 4. The van der Waals surface area contributed by atoms with Gasteiger partial charge >= 0.3 is 0 Å². The lowest BCUT2D eigenvalue weighted by molar-refractivity contribution is 0.0547. The maximum atomic E-state index is 5.53. The van der Waals surface area contributed by atoms with E-state index in [9.17, 15) is 0 Å². The Labute approximate surface area is 165 Å². The van der Waals surface area contributed by atoms with Gasteiger partial charge < -0.3 is 30.7 Å². The predicted octanol–water partition coefficient (Wildman–Crippen LogP) is 1.62. The van der Waals surface area contributed by atoms with Gasteiger partial charge in [0, 0.05) is 31.9 Å². The van der Waals surface area contributed by atoms with Gasteiger partial charge in [0.1, 0.15) is 0 Å². The Hall–Kier alpha value is -2.49. The third-order valence-electron chi connectivity index (χ3n) is 4.21. The minimum atomic E-state index is 0.527. The van der Waals surface area contributed by atoms with Crippen LogP contribution in [0.25, 0.3) is 0 Å². The van der Waals surface area contributed by atoms with E-state index in [0.717, 1.165) is 31.6 Å². The zero-order valence-electron chi connectivity index (χ0n) is 16.1. The summed E-state index contributed by atoms with van der Waals surface area (Å²) in [6, 6.07) is 9.87. The Balaban J connectivity index is 1.56. The van der Waals surface area contributed by atoms with Gasteiger partial charge in [-0.05, 0) is 25.0 Å². The van der Waals surface area contributed by atoms with Crippen molar-refractivity contribution < 1.29 is 9.47 Å². The molecule has 0 atom stereocenters. The second-order valence-corrected chi connectivity index (χ2v) is 6.41. The van der Waals surface area contributed by atoms with E-state index in [2.05, 4.69) is 30.5 Å².